The van der Waals surface area contributed by atoms with E-state index in [4.69, 9.17) is 10.3 Å². The van der Waals surface area contributed by atoms with Gasteiger partial charge >= 0.3 is 0 Å². The van der Waals surface area contributed by atoms with E-state index in [1.54, 1.807) is 12.4 Å². The fourth-order valence-corrected chi connectivity index (χ4v) is 1.84. The maximum Gasteiger partial charge on any atom is 0.243 e. The number of nitrogens with two attached hydrogens (primary N) is 1. The lowest BCUT2D eigenvalue weighted by Gasteiger charge is -2.02. The summed E-state index contributed by atoms with van der Waals surface area (Å²) in [6.07, 6.45) is 5.20. The van der Waals surface area contributed by atoms with Crippen molar-refractivity contribution < 1.29 is 4.52 Å². The SMILES string of the molecule is CCC[C@@H](N)c1nc(-c2cncc(Br)c2)no1. The number of hydrogen-bond acceptors (Lipinski definition) is 5. The summed E-state index contributed by atoms with van der Waals surface area (Å²) in [5.41, 5.74) is 6.71. The summed E-state index contributed by atoms with van der Waals surface area (Å²) in [6, 6.07) is 1.69. The Morgan fingerprint density at radius 2 is 2.29 bits per heavy atom. The first-order valence-electron chi connectivity index (χ1n) is 5.40. The van der Waals surface area contributed by atoms with Crippen LogP contribution in [0.25, 0.3) is 11.4 Å². The van der Waals surface area contributed by atoms with Crippen LogP contribution in [0.4, 0.5) is 0 Å². The van der Waals surface area contributed by atoms with E-state index >= 15 is 0 Å². The first kappa shape index (κ1) is 12.2. The maximum absolute atomic E-state index is 5.91. The van der Waals surface area contributed by atoms with Gasteiger partial charge in [-0.1, -0.05) is 18.5 Å². The summed E-state index contributed by atoms with van der Waals surface area (Å²) in [5.74, 6) is 0.988. The molecule has 0 bridgehead atoms. The molecule has 2 aromatic heterocycles. The van der Waals surface area contributed by atoms with Crippen molar-refractivity contribution in [3.63, 3.8) is 0 Å². The Labute approximate surface area is 108 Å². The molecular formula is C11H13BrN4O. The lowest BCUT2D eigenvalue weighted by Crippen LogP contribution is -2.09. The van der Waals surface area contributed by atoms with Crippen LogP contribution in [0.5, 0.6) is 0 Å². The molecular weight excluding hydrogens is 284 g/mol. The first-order valence-corrected chi connectivity index (χ1v) is 6.20. The van der Waals surface area contributed by atoms with Gasteiger partial charge < -0.3 is 10.3 Å². The molecule has 2 heterocycles. The smallest absolute Gasteiger partial charge is 0.243 e. The second kappa shape index (κ2) is 5.37. The normalized spacial score (nSPS) is 12.6. The van der Waals surface area contributed by atoms with Crippen molar-refractivity contribution in [1.82, 2.24) is 15.1 Å². The van der Waals surface area contributed by atoms with E-state index < -0.39 is 0 Å². The topological polar surface area (TPSA) is 77.8 Å². The molecule has 17 heavy (non-hydrogen) atoms. The second-order valence-corrected chi connectivity index (χ2v) is 4.66. The maximum atomic E-state index is 5.91. The average Bonchev–Trinajstić information content (AvgIpc) is 2.78. The van der Waals surface area contributed by atoms with Gasteiger partial charge in [0.05, 0.1) is 6.04 Å². The molecule has 0 unspecified atom stereocenters. The Morgan fingerprint density at radius 1 is 1.47 bits per heavy atom. The largest absolute Gasteiger partial charge is 0.337 e. The van der Waals surface area contributed by atoms with Crippen LogP contribution in [0.15, 0.2) is 27.5 Å². The molecule has 0 fully saturated rings. The van der Waals surface area contributed by atoms with Gasteiger partial charge in [0.2, 0.25) is 11.7 Å². The van der Waals surface area contributed by atoms with Crippen LogP contribution in [-0.2, 0) is 0 Å². The zero-order chi connectivity index (χ0) is 12.3. The lowest BCUT2D eigenvalue weighted by atomic mass is 10.2. The highest BCUT2D eigenvalue weighted by Gasteiger charge is 2.15. The van der Waals surface area contributed by atoms with Gasteiger partial charge in [-0.05, 0) is 28.4 Å². The van der Waals surface area contributed by atoms with Crippen LogP contribution in [0.1, 0.15) is 31.7 Å². The van der Waals surface area contributed by atoms with Crippen LogP contribution < -0.4 is 5.73 Å². The van der Waals surface area contributed by atoms with Gasteiger partial charge in [0.1, 0.15) is 0 Å². The van der Waals surface area contributed by atoms with Crippen molar-refractivity contribution in [2.75, 3.05) is 0 Å². The van der Waals surface area contributed by atoms with Gasteiger partial charge in [-0.25, -0.2) is 0 Å². The number of rotatable bonds is 4. The quantitative estimate of drug-likeness (QED) is 0.938. The zero-order valence-corrected chi connectivity index (χ0v) is 11.0. The second-order valence-electron chi connectivity index (χ2n) is 3.74. The molecule has 1 atom stereocenters. The summed E-state index contributed by atoms with van der Waals surface area (Å²) in [4.78, 5) is 8.33. The Balaban J connectivity index is 2.23. The molecule has 0 aromatic carbocycles. The number of halogens is 1. The number of aromatic nitrogens is 3. The molecule has 2 rings (SSSR count). The third-order valence-corrected chi connectivity index (χ3v) is 2.76. The van der Waals surface area contributed by atoms with Crippen molar-refractivity contribution in [2.24, 2.45) is 5.73 Å². The van der Waals surface area contributed by atoms with Crippen molar-refractivity contribution in [2.45, 2.75) is 25.8 Å². The fraction of sp³-hybridized carbons (Fsp3) is 0.364. The van der Waals surface area contributed by atoms with Gasteiger partial charge in [-0.15, -0.1) is 0 Å². The van der Waals surface area contributed by atoms with Crippen molar-refractivity contribution in [1.29, 1.82) is 0 Å². The molecule has 90 valence electrons. The third kappa shape index (κ3) is 2.89. The zero-order valence-electron chi connectivity index (χ0n) is 9.43. The summed E-state index contributed by atoms with van der Waals surface area (Å²) in [6.45, 7) is 2.06. The number of hydrogen-bond donors (Lipinski definition) is 1. The Bertz CT molecular complexity index is 500. The third-order valence-electron chi connectivity index (χ3n) is 2.32. The van der Waals surface area contributed by atoms with Crippen LogP contribution >= 0.6 is 15.9 Å². The van der Waals surface area contributed by atoms with Crippen LogP contribution in [0.2, 0.25) is 0 Å². The van der Waals surface area contributed by atoms with Gasteiger partial charge in [0.25, 0.3) is 0 Å². The van der Waals surface area contributed by atoms with E-state index in [0.717, 1.165) is 22.9 Å². The highest BCUT2D eigenvalue weighted by Crippen LogP contribution is 2.21. The van der Waals surface area contributed by atoms with Gasteiger partial charge in [0, 0.05) is 22.4 Å². The minimum Gasteiger partial charge on any atom is -0.337 e. The van der Waals surface area contributed by atoms with E-state index in [1.165, 1.54) is 0 Å². The molecule has 0 spiro atoms. The predicted octanol–water partition coefficient (Wildman–Crippen LogP) is 2.69. The number of nitrogens with zero attached hydrogens (tertiary/aromatic N) is 3. The van der Waals surface area contributed by atoms with E-state index in [2.05, 4.69) is 38.0 Å². The van der Waals surface area contributed by atoms with E-state index in [9.17, 15) is 0 Å². The molecule has 5 nitrogen and oxygen atoms in total. The van der Waals surface area contributed by atoms with E-state index in [0.29, 0.717) is 11.7 Å². The van der Waals surface area contributed by atoms with Gasteiger partial charge in [-0.2, -0.15) is 4.98 Å². The van der Waals surface area contributed by atoms with Crippen molar-refractivity contribution >= 4 is 15.9 Å². The summed E-state index contributed by atoms with van der Waals surface area (Å²) in [5, 5.41) is 3.90. The monoisotopic (exact) mass is 296 g/mol. The summed E-state index contributed by atoms with van der Waals surface area (Å²) in [7, 11) is 0. The van der Waals surface area contributed by atoms with E-state index in [-0.39, 0.29) is 6.04 Å². The molecule has 0 amide bonds. The Morgan fingerprint density at radius 3 is 3.00 bits per heavy atom. The van der Waals surface area contributed by atoms with Gasteiger partial charge in [0.15, 0.2) is 0 Å². The molecule has 0 aliphatic heterocycles. The molecule has 0 aliphatic carbocycles. The minimum absolute atomic E-state index is 0.193. The molecule has 2 N–H and O–H groups in total. The summed E-state index contributed by atoms with van der Waals surface area (Å²) < 4.78 is 6.02. The first-order chi connectivity index (χ1) is 8.20. The standard InChI is InChI=1S/C11H13BrN4O/c1-2-3-9(13)11-15-10(16-17-11)7-4-8(12)6-14-5-7/h4-6,9H,2-3,13H2,1H3/t9-/m1/s1. The van der Waals surface area contributed by atoms with Crippen molar-refractivity contribution in [3.05, 3.63) is 28.8 Å². The molecule has 0 radical (unpaired) electrons. The van der Waals surface area contributed by atoms with Crippen molar-refractivity contribution in [3.8, 4) is 11.4 Å². The predicted molar refractivity (Wildman–Crippen MR) is 67.1 cm³/mol. The van der Waals surface area contributed by atoms with Gasteiger partial charge in [-0.3, -0.25) is 4.98 Å². The number of pyridine rings is 1. The fourth-order valence-electron chi connectivity index (χ4n) is 1.47. The Kier molecular flexibility index (Phi) is 3.86. The molecule has 2 aromatic rings. The van der Waals surface area contributed by atoms with Crippen LogP contribution in [-0.4, -0.2) is 15.1 Å². The molecule has 0 saturated heterocycles. The van der Waals surface area contributed by atoms with E-state index in [1.807, 2.05) is 6.07 Å². The average molecular weight is 297 g/mol. The van der Waals surface area contributed by atoms with Crippen LogP contribution in [0, 0.1) is 0 Å². The summed E-state index contributed by atoms with van der Waals surface area (Å²) >= 11 is 3.35. The molecule has 6 heteroatoms. The highest BCUT2D eigenvalue weighted by atomic mass is 79.9. The Hall–Kier alpha value is -1.27. The lowest BCUT2D eigenvalue weighted by molar-refractivity contribution is 0.348. The van der Waals surface area contributed by atoms with Crippen LogP contribution in [0.3, 0.4) is 0 Å². The highest BCUT2D eigenvalue weighted by molar-refractivity contribution is 9.10. The molecule has 0 aliphatic rings. The molecule has 0 saturated carbocycles. The minimum atomic E-state index is -0.193.